The minimum atomic E-state index is -1.06. The molecular formula is C21H18F2O6S2. The van der Waals surface area contributed by atoms with Crippen LogP contribution < -0.4 is 9.47 Å². The first kappa shape index (κ1) is 24.2. The number of halogens is 2. The first-order chi connectivity index (χ1) is 14.7. The molecule has 1 heterocycles. The van der Waals surface area contributed by atoms with Crippen molar-refractivity contribution in [3.63, 3.8) is 0 Å². The molecule has 1 aromatic heterocycles. The highest BCUT2D eigenvalue weighted by atomic mass is 32.1. The minimum Gasteiger partial charge on any atom is -0.497 e. The lowest BCUT2D eigenvalue weighted by Gasteiger charge is -2.03. The van der Waals surface area contributed by atoms with Crippen LogP contribution in [0.4, 0.5) is 8.78 Å². The zero-order valence-electron chi connectivity index (χ0n) is 16.6. The second-order valence-corrected chi connectivity index (χ2v) is 7.35. The molecule has 0 aliphatic rings. The Morgan fingerprint density at radius 2 is 1.71 bits per heavy atom. The Bertz CT molecular complexity index is 1140. The molecule has 6 nitrogen and oxygen atoms in total. The fourth-order valence-corrected chi connectivity index (χ4v) is 3.63. The Morgan fingerprint density at radius 1 is 1.03 bits per heavy atom. The minimum absolute atomic E-state index is 0.0228. The average Bonchev–Trinajstić information content (AvgIpc) is 3.22. The standard InChI is InChI=1S/C11H11FO3S.C10H7FO3S/c1-14-8-3-4-9(12)7(5-8)6-10(16)11(13)15-2;1-14-7-3-2-6(11)5-4-8(10(12)13)15-9(5)7/h3-6,16H,1-2H3;2-4H,1H3,(H,12,13)/b10-6-;. The largest absolute Gasteiger partial charge is 0.497 e. The number of methoxy groups -OCH3 is 3. The lowest BCUT2D eigenvalue weighted by atomic mass is 10.2. The fourth-order valence-electron chi connectivity index (χ4n) is 2.40. The molecule has 0 aliphatic carbocycles. The monoisotopic (exact) mass is 468 g/mol. The van der Waals surface area contributed by atoms with E-state index < -0.39 is 23.6 Å². The lowest BCUT2D eigenvalue weighted by Crippen LogP contribution is -1.99. The molecule has 0 spiro atoms. The van der Waals surface area contributed by atoms with Gasteiger partial charge in [-0.3, -0.25) is 0 Å². The van der Waals surface area contributed by atoms with Gasteiger partial charge in [0.2, 0.25) is 0 Å². The zero-order valence-corrected chi connectivity index (χ0v) is 18.4. The number of carbonyl (C=O) groups is 2. The van der Waals surface area contributed by atoms with E-state index in [0.29, 0.717) is 16.2 Å². The highest BCUT2D eigenvalue weighted by Gasteiger charge is 2.14. The summed E-state index contributed by atoms with van der Waals surface area (Å²) in [5.74, 6) is -1.59. The van der Waals surface area contributed by atoms with Crippen molar-refractivity contribution in [1.29, 1.82) is 0 Å². The molecule has 0 saturated heterocycles. The number of carbonyl (C=O) groups excluding carboxylic acids is 1. The molecule has 1 N–H and O–H groups in total. The van der Waals surface area contributed by atoms with Gasteiger partial charge in [0, 0.05) is 10.9 Å². The summed E-state index contributed by atoms with van der Waals surface area (Å²) in [6.07, 6.45) is 1.28. The Hall–Kier alpha value is -3.11. The summed E-state index contributed by atoms with van der Waals surface area (Å²) in [7, 11) is 4.17. The SMILES string of the molecule is COC(=O)/C(S)=C/c1cc(OC)ccc1F.COc1ccc(F)c2cc(C(=O)O)sc12. The van der Waals surface area contributed by atoms with E-state index in [1.165, 1.54) is 63.8 Å². The summed E-state index contributed by atoms with van der Waals surface area (Å²) in [4.78, 5) is 21.9. The van der Waals surface area contributed by atoms with Crippen LogP contribution >= 0.6 is 24.0 Å². The quantitative estimate of drug-likeness (QED) is 0.311. The van der Waals surface area contributed by atoms with Gasteiger partial charge in [0.25, 0.3) is 0 Å². The van der Waals surface area contributed by atoms with Crippen LogP contribution in [0.15, 0.2) is 41.3 Å². The normalized spacial score (nSPS) is 10.8. The smallest absolute Gasteiger partial charge is 0.345 e. The number of hydrogen-bond acceptors (Lipinski definition) is 7. The van der Waals surface area contributed by atoms with Crippen LogP contribution in [0.3, 0.4) is 0 Å². The van der Waals surface area contributed by atoms with Gasteiger partial charge in [0.1, 0.15) is 28.0 Å². The summed E-state index contributed by atoms with van der Waals surface area (Å²) in [5.41, 5.74) is 0.217. The summed E-state index contributed by atoms with van der Waals surface area (Å²) < 4.78 is 41.6. The van der Waals surface area contributed by atoms with E-state index in [4.69, 9.17) is 14.6 Å². The molecule has 0 atom stereocenters. The average molecular weight is 468 g/mol. The number of thiophene rings is 1. The maximum Gasteiger partial charge on any atom is 0.345 e. The first-order valence-electron chi connectivity index (χ1n) is 8.53. The lowest BCUT2D eigenvalue weighted by molar-refractivity contribution is -0.135. The van der Waals surface area contributed by atoms with Crippen LogP contribution in [0, 0.1) is 11.6 Å². The fraction of sp³-hybridized carbons (Fsp3) is 0.143. The first-order valence-corrected chi connectivity index (χ1v) is 9.80. The number of aromatic carboxylic acids is 1. The van der Waals surface area contributed by atoms with Gasteiger partial charge in [0.05, 0.1) is 30.9 Å². The van der Waals surface area contributed by atoms with Crippen LogP contribution in [0.5, 0.6) is 11.5 Å². The van der Waals surface area contributed by atoms with Gasteiger partial charge in [-0.05, 0) is 42.5 Å². The van der Waals surface area contributed by atoms with Gasteiger partial charge in [-0.2, -0.15) is 0 Å². The van der Waals surface area contributed by atoms with E-state index in [9.17, 15) is 18.4 Å². The van der Waals surface area contributed by atoms with Crippen LogP contribution in [0.1, 0.15) is 15.2 Å². The van der Waals surface area contributed by atoms with E-state index in [-0.39, 0.29) is 20.7 Å². The molecule has 31 heavy (non-hydrogen) atoms. The summed E-state index contributed by atoms with van der Waals surface area (Å²) in [6, 6.07) is 8.28. The molecule has 0 aliphatic heterocycles. The molecule has 0 bridgehead atoms. The predicted molar refractivity (Wildman–Crippen MR) is 117 cm³/mol. The summed E-state index contributed by atoms with van der Waals surface area (Å²) in [6.45, 7) is 0. The second kappa shape index (κ2) is 10.8. The van der Waals surface area contributed by atoms with E-state index >= 15 is 0 Å². The molecule has 0 amide bonds. The van der Waals surface area contributed by atoms with E-state index in [1.807, 2.05) is 0 Å². The Balaban J connectivity index is 0.000000220. The van der Waals surface area contributed by atoms with Gasteiger partial charge in [-0.15, -0.1) is 24.0 Å². The number of thiol groups is 1. The van der Waals surface area contributed by atoms with Gasteiger partial charge >= 0.3 is 11.9 Å². The molecule has 0 fully saturated rings. The molecular weight excluding hydrogens is 450 g/mol. The Labute approximate surface area is 186 Å². The van der Waals surface area contributed by atoms with Crippen LogP contribution in [0.25, 0.3) is 16.2 Å². The van der Waals surface area contributed by atoms with E-state index in [1.54, 1.807) is 0 Å². The zero-order chi connectivity index (χ0) is 23.1. The Morgan fingerprint density at radius 3 is 2.29 bits per heavy atom. The third kappa shape index (κ3) is 5.96. The third-order valence-corrected chi connectivity index (χ3v) is 5.36. The molecule has 0 saturated carbocycles. The molecule has 0 unspecified atom stereocenters. The van der Waals surface area contributed by atoms with Crippen molar-refractivity contribution in [3.05, 3.63) is 63.4 Å². The van der Waals surface area contributed by atoms with E-state index in [0.717, 1.165) is 11.3 Å². The topological polar surface area (TPSA) is 82.1 Å². The second-order valence-electron chi connectivity index (χ2n) is 5.82. The number of esters is 1. The number of rotatable bonds is 5. The van der Waals surface area contributed by atoms with Crippen molar-refractivity contribution in [1.82, 2.24) is 0 Å². The van der Waals surface area contributed by atoms with E-state index in [2.05, 4.69) is 17.4 Å². The molecule has 10 heteroatoms. The van der Waals surface area contributed by atoms with Crippen molar-refractivity contribution < 1.29 is 37.7 Å². The van der Waals surface area contributed by atoms with Crippen molar-refractivity contribution in [2.45, 2.75) is 0 Å². The van der Waals surface area contributed by atoms with Crippen molar-refractivity contribution >= 4 is 52.1 Å². The maximum atomic E-state index is 13.3. The van der Waals surface area contributed by atoms with Crippen molar-refractivity contribution in [2.24, 2.45) is 0 Å². The Kier molecular flexibility index (Phi) is 8.40. The number of fused-ring (bicyclic) bond motifs is 1. The molecule has 3 rings (SSSR count). The predicted octanol–water partition coefficient (Wildman–Crippen LogP) is 5.03. The van der Waals surface area contributed by atoms with Crippen molar-refractivity contribution in [3.8, 4) is 11.5 Å². The molecule has 2 aromatic carbocycles. The van der Waals surface area contributed by atoms with Crippen LogP contribution in [-0.4, -0.2) is 38.4 Å². The van der Waals surface area contributed by atoms with Gasteiger partial charge in [0.15, 0.2) is 0 Å². The van der Waals surface area contributed by atoms with Gasteiger partial charge in [-0.1, -0.05) is 0 Å². The third-order valence-electron chi connectivity index (χ3n) is 3.91. The summed E-state index contributed by atoms with van der Waals surface area (Å²) in [5, 5.41) is 9.08. The maximum absolute atomic E-state index is 13.3. The number of carboxylic acids is 1. The summed E-state index contributed by atoms with van der Waals surface area (Å²) >= 11 is 4.91. The highest BCUT2D eigenvalue weighted by Crippen LogP contribution is 2.35. The van der Waals surface area contributed by atoms with Gasteiger partial charge < -0.3 is 19.3 Å². The number of benzene rings is 2. The van der Waals surface area contributed by atoms with Crippen molar-refractivity contribution in [2.75, 3.05) is 21.3 Å². The molecule has 3 aromatic rings. The van der Waals surface area contributed by atoms with Gasteiger partial charge in [-0.25, -0.2) is 18.4 Å². The highest BCUT2D eigenvalue weighted by molar-refractivity contribution is 7.85. The molecule has 164 valence electrons. The number of carboxylic acid groups (broad SMARTS) is 1. The number of hydrogen-bond donors (Lipinski definition) is 2. The molecule has 0 radical (unpaired) electrons. The van der Waals surface area contributed by atoms with Crippen LogP contribution in [-0.2, 0) is 9.53 Å². The number of ether oxygens (including phenoxy) is 3. The van der Waals surface area contributed by atoms with Crippen LogP contribution in [0.2, 0.25) is 0 Å².